The zero-order valence-corrected chi connectivity index (χ0v) is 12.6. The molecule has 1 heterocycles. The van der Waals surface area contributed by atoms with Crippen LogP contribution in [0.15, 0.2) is 46.7 Å². The third kappa shape index (κ3) is 3.06. The van der Waals surface area contributed by atoms with Gasteiger partial charge >= 0.3 is 5.97 Å². The molecule has 0 N–H and O–H groups in total. The zero-order chi connectivity index (χ0) is 14.8. The second kappa shape index (κ2) is 5.74. The fourth-order valence-electron chi connectivity index (χ4n) is 1.42. The predicted octanol–water partition coefficient (Wildman–Crippen LogP) is 2.22. The fourth-order valence-corrected chi connectivity index (χ4v) is 3.46. The molecule has 0 spiro atoms. The minimum Gasteiger partial charge on any atom is -0.422 e. The van der Waals surface area contributed by atoms with Crippen molar-refractivity contribution in [1.29, 1.82) is 0 Å². The molecule has 1 aromatic carbocycles. The number of para-hydroxylation sites is 1. The lowest BCUT2D eigenvalue weighted by Crippen LogP contribution is -2.21. The van der Waals surface area contributed by atoms with Crippen LogP contribution in [0.5, 0.6) is 5.75 Å². The van der Waals surface area contributed by atoms with Gasteiger partial charge in [-0.3, -0.25) is 0 Å². The Morgan fingerprint density at radius 1 is 1.20 bits per heavy atom. The van der Waals surface area contributed by atoms with E-state index < -0.39 is 16.0 Å². The van der Waals surface area contributed by atoms with Crippen LogP contribution >= 0.6 is 11.3 Å². The predicted molar refractivity (Wildman–Crippen MR) is 76.6 cm³/mol. The summed E-state index contributed by atoms with van der Waals surface area (Å²) >= 11 is 1.04. The molecule has 106 valence electrons. The highest BCUT2D eigenvalue weighted by Gasteiger charge is 2.21. The van der Waals surface area contributed by atoms with Gasteiger partial charge < -0.3 is 4.74 Å². The highest BCUT2D eigenvalue weighted by molar-refractivity contribution is 7.89. The van der Waals surface area contributed by atoms with E-state index in [2.05, 4.69) is 0 Å². The van der Waals surface area contributed by atoms with Crippen molar-refractivity contribution in [3.8, 4) is 5.75 Å². The van der Waals surface area contributed by atoms with Crippen molar-refractivity contribution in [2.75, 3.05) is 14.1 Å². The molecule has 2 aromatic rings. The van der Waals surface area contributed by atoms with E-state index in [1.807, 2.05) is 6.07 Å². The van der Waals surface area contributed by atoms with Gasteiger partial charge in [-0.25, -0.2) is 17.5 Å². The number of ether oxygens (including phenoxy) is 1. The SMILES string of the molecule is CN(C)S(=O)(=O)c1csc(C(=O)Oc2ccccc2)c1. The first-order valence-corrected chi connectivity index (χ1v) is 8.01. The van der Waals surface area contributed by atoms with Gasteiger partial charge in [0.15, 0.2) is 0 Å². The first-order chi connectivity index (χ1) is 9.41. The number of nitrogens with zero attached hydrogens (tertiary/aromatic N) is 1. The number of rotatable bonds is 4. The summed E-state index contributed by atoms with van der Waals surface area (Å²) in [7, 11) is -0.648. The highest BCUT2D eigenvalue weighted by Crippen LogP contribution is 2.23. The molecule has 0 aliphatic carbocycles. The van der Waals surface area contributed by atoms with Gasteiger partial charge in [-0.2, -0.15) is 0 Å². The maximum absolute atomic E-state index is 11.9. The van der Waals surface area contributed by atoms with E-state index in [9.17, 15) is 13.2 Å². The largest absolute Gasteiger partial charge is 0.422 e. The Bertz CT molecular complexity index is 705. The summed E-state index contributed by atoms with van der Waals surface area (Å²) in [6.07, 6.45) is 0. The average Bonchev–Trinajstić information content (AvgIpc) is 2.90. The molecular weight excluding hydrogens is 298 g/mol. The number of sulfonamides is 1. The van der Waals surface area contributed by atoms with E-state index in [1.165, 1.54) is 25.5 Å². The minimum absolute atomic E-state index is 0.0903. The van der Waals surface area contributed by atoms with E-state index >= 15 is 0 Å². The number of hydrogen-bond donors (Lipinski definition) is 0. The van der Waals surface area contributed by atoms with Crippen molar-refractivity contribution in [1.82, 2.24) is 4.31 Å². The lowest BCUT2D eigenvalue weighted by Gasteiger charge is -2.08. The first kappa shape index (κ1) is 14.7. The van der Waals surface area contributed by atoms with Crippen LogP contribution in [0.2, 0.25) is 0 Å². The Hall–Kier alpha value is -1.70. The minimum atomic E-state index is -3.53. The van der Waals surface area contributed by atoms with Gasteiger partial charge in [0, 0.05) is 19.5 Å². The molecule has 0 saturated heterocycles. The Morgan fingerprint density at radius 3 is 2.45 bits per heavy atom. The van der Waals surface area contributed by atoms with Crippen LogP contribution in [0, 0.1) is 0 Å². The molecule has 7 heteroatoms. The second-order valence-corrected chi connectivity index (χ2v) is 7.20. The molecule has 0 atom stereocenters. The van der Waals surface area contributed by atoms with E-state index in [0.717, 1.165) is 15.6 Å². The Morgan fingerprint density at radius 2 is 1.85 bits per heavy atom. The smallest absolute Gasteiger partial charge is 0.353 e. The maximum atomic E-state index is 11.9. The van der Waals surface area contributed by atoms with E-state index in [1.54, 1.807) is 24.3 Å². The highest BCUT2D eigenvalue weighted by atomic mass is 32.2. The van der Waals surface area contributed by atoms with Crippen LogP contribution < -0.4 is 4.74 Å². The van der Waals surface area contributed by atoms with Crippen molar-refractivity contribution >= 4 is 27.3 Å². The fraction of sp³-hybridized carbons (Fsp3) is 0.154. The van der Waals surface area contributed by atoms with Crippen molar-refractivity contribution in [3.05, 3.63) is 46.7 Å². The molecule has 2 rings (SSSR count). The molecule has 20 heavy (non-hydrogen) atoms. The number of carbonyl (C=O) groups excluding carboxylic acids is 1. The summed E-state index contributed by atoms with van der Waals surface area (Å²) in [6, 6.07) is 9.94. The van der Waals surface area contributed by atoms with Gasteiger partial charge in [0.25, 0.3) is 0 Å². The molecule has 1 aromatic heterocycles. The van der Waals surface area contributed by atoms with Crippen molar-refractivity contribution < 1.29 is 17.9 Å². The summed E-state index contributed by atoms with van der Waals surface area (Å²) in [5, 5.41) is 1.43. The van der Waals surface area contributed by atoms with Gasteiger partial charge in [-0.05, 0) is 18.2 Å². The molecule has 0 fully saturated rings. The van der Waals surface area contributed by atoms with Crippen LogP contribution in [0.25, 0.3) is 0 Å². The average molecular weight is 311 g/mol. The molecular formula is C13H13NO4S2. The number of hydrogen-bond acceptors (Lipinski definition) is 5. The van der Waals surface area contributed by atoms with E-state index in [0.29, 0.717) is 5.75 Å². The topological polar surface area (TPSA) is 63.7 Å². The van der Waals surface area contributed by atoms with Crippen molar-refractivity contribution in [3.63, 3.8) is 0 Å². The van der Waals surface area contributed by atoms with E-state index in [4.69, 9.17) is 4.74 Å². The van der Waals surface area contributed by atoms with Gasteiger partial charge in [-0.1, -0.05) is 18.2 Å². The Balaban J connectivity index is 2.19. The Labute approximate surface area is 121 Å². The van der Waals surface area contributed by atoms with Crippen molar-refractivity contribution in [2.24, 2.45) is 0 Å². The second-order valence-electron chi connectivity index (χ2n) is 4.14. The summed E-state index contributed by atoms with van der Waals surface area (Å²) in [5.74, 6) is -0.149. The molecule has 0 saturated carbocycles. The normalized spacial score (nSPS) is 11.6. The van der Waals surface area contributed by atoms with Crippen LogP contribution in [0.1, 0.15) is 9.67 Å². The number of esters is 1. The third-order valence-corrected chi connectivity index (χ3v) is 5.36. The zero-order valence-electron chi connectivity index (χ0n) is 10.9. The summed E-state index contributed by atoms with van der Waals surface area (Å²) in [6.45, 7) is 0. The van der Waals surface area contributed by atoms with Gasteiger partial charge in [0.2, 0.25) is 10.0 Å². The van der Waals surface area contributed by atoms with Gasteiger partial charge in [0.1, 0.15) is 10.6 Å². The van der Waals surface area contributed by atoms with Gasteiger partial charge in [0.05, 0.1) is 4.90 Å². The molecule has 0 radical (unpaired) electrons. The number of carbonyl (C=O) groups is 1. The van der Waals surface area contributed by atoms with Crippen LogP contribution in [0.3, 0.4) is 0 Å². The van der Waals surface area contributed by atoms with Crippen LogP contribution in [-0.2, 0) is 10.0 Å². The summed E-state index contributed by atoms with van der Waals surface area (Å²) in [4.78, 5) is 12.2. The summed E-state index contributed by atoms with van der Waals surface area (Å²) in [5.41, 5.74) is 0. The van der Waals surface area contributed by atoms with E-state index in [-0.39, 0.29) is 9.77 Å². The van der Waals surface area contributed by atoms with Gasteiger partial charge in [-0.15, -0.1) is 11.3 Å². The van der Waals surface area contributed by atoms with Crippen LogP contribution in [-0.4, -0.2) is 32.8 Å². The third-order valence-electron chi connectivity index (χ3n) is 2.51. The molecule has 0 unspecified atom stereocenters. The Kier molecular flexibility index (Phi) is 4.22. The van der Waals surface area contributed by atoms with Crippen LogP contribution in [0.4, 0.5) is 0 Å². The maximum Gasteiger partial charge on any atom is 0.353 e. The number of thiophene rings is 1. The number of benzene rings is 1. The summed E-state index contributed by atoms with van der Waals surface area (Å²) < 4.78 is 30.1. The van der Waals surface area contributed by atoms with Crippen molar-refractivity contribution in [2.45, 2.75) is 4.90 Å². The molecule has 5 nitrogen and oxygen atoms in total. The molecule has 0 amide bonds. The first-order valence-electron chi connectivity index (χ1n) is 5.69. The molecule has 0 aliphatic rings. The molecule has 0 aliphatic heterocycles. The standard InChI is InChI=1S/C13H13NO4S2/c1-14(2)20(16,17)11-8-12(19-9-11)13(15)18-10-6-4-3-5-7-10/h3-9H,1-2H3. The lowest BCUT2D eigenvalue weighted by molar-refractivity contribution is 0.0739. The monoisotopic (exact) mass is 311 g/mol. The molecule has 0 bridgehead atoms. The quantitative estimate of drug-likeness (QED) is 0.641. The lowest BCUT2D eigenvalue weighted by atomic mass is 10.3.